The molecule has 0 spiro atoms. The van der Waals surface area contributed by atoms with Gasteiger partial charge < -0.3 is 5.32 Å². The Balaban J connectivity index is 1.86. The van der Waals surface area contributed by atoms with Gasteiger partial charge in [0.2, 0.25) is 0 Å². The van der Waals surface area contributed by atoms with Crippen molar-refractivity contribution in [3.05, 3.63) is 35.1 Å². The molecule has 0 radical (unpaired) electrons. The van der Waals surface area contributed by atoms with E-state index < -0.39 is 0 Å². The van der Waals surface area contributed by atoms with Crippen LogP contribution in [0, 0.1) is 18.7 Å². The lowest BCUT2D eigenvalue weighted by atomic mass is 9.84. The summed E-state index contributed by atoms with van der Waals surface area (Å²) in [5, 5.41) is 3.61. The monoisotopic (exact) mass is 249 g/mol. The summed E-state index contributed by atoms with van der Waals surface area (Å²) >= 11 is 0. The predicted octanol–water partition coefficient (Wildman–Crippen LogP) is 4.19. The van der Waals surface area contributed by atoms with E-state index in [9.17, 15) is 4.39 Å². The lowest BCUT2D eigenvalue weighted by molar-refractivity contribution is 0.280. The van der Waals surface area contributed by atoms with Crippen molar-refractivity contribution in [2.75, 3.05) is 0 Å². The zero-order valence-electron chi connectivity index (χ0n) is 11.5. The van der Waals surface area contributed by atoms with Crippen molar-refractivity contribution < 1.29 is 4.39 Å². The normalized spacial score (nSPS) is 18.8. The van der Waals surface area contributed by atoms with Gasteiger partial charge in [0, 0.05) is 12.6 Å². The van der Waals surface area contributed by atoms with Crippen molar-refractivity contribution in [2.45, 2.75) is 58.5 Å². The molecule has 0 aromatic heterocycles. The Bertz CT molecular complexity index is 383. The van der Waals surface area contributed by atoms with Crippen molar-refractivity contribution in [1.29, 1.82) is 0 Å². The topological polar surface area (TPSA) is 12.0 Å². The summed E-state index contributed by atoms with van der Waals surface area (Å²) in [5.41, 5.74) is 2.25. The molecule has 1 aliphatic rings. The lowest BCUT2D eigenvalue weighted by Gasteiger charge is -2.28. The second-order valence-electron chi connectivity index (χ2n) is 5.64. The van der Waals surface area contributed by atoms with E-state index in [1.807, 2.05) is 13.0 Å². The molecule has 2 heteroatoms. The minimum atomic E-state index is -0.142. The minimum absolute atomic E-state index is 0.142. The molecule has 0 unspecified atom stereocenters. The second kappa shape index (κ2) is 6.33. The number of benzene rings is 1. The molecule has 0 heterocycles. The molecule has 1 N–H and O–H groups in total. The molecule has 1 atom stereocenters. The zero-order valence-corrected chi connectivity index (χ0v) is 11.5. The Morgan fingerprint density at radius 1 is 1.28 bits per heavy atom. The van der Waals surface area contributed by atoms with Gasteiger partial charge in [-0.2, -0.15) is 0 Å². The molecule has 1 aromatic carbocycles. The van der Waals surface area contributed by atoms with E-state index >= 15 is 0 Å². The largest absolute Gasteiger partial charge is 0.310 e. The lowest BCUT2D eigenvalue weighted by Crippen LogP contribution is -2.34. The van der Waals surface area contributed by atoms with E-state index in [2.05, 4.69) is 12.2 Å². The quantitative estimate of drug-likeness (QED) is 0.843. The van der Waals surface area contributed by atoms with Crippen LogP contribution >= 0.6 is 0 Å². The third-order valence-corrected chi connectivity index (χ3v) is 4.28. The van der Waals surface area contributed by atoms with Gasteiger partial charge >= 0.3 is 0 Å². The molecule has 1 nitrogen and oxygen atoms in total. The van der Waals surface area contributed by atoms with Crippen molar-refractivity contribution in [2.24, 2.45) is 5.92 Å². The van der Waals surface area contributed by atoms with E-state index in [0.717, 1.165) is 18.0 Å². The summed E-state index contributed by atoms with van der Waals surface area (Å²) < 4.78 is 13.0. The molecule has 1 aliphatic carbocycles. The van der Waals surface area contributed by atoms with Crippen LogP contribution in [0.5, 0.6) is 0 Å². The molecule has 2 rings (SSSR count). The minimum Gasteiger partial charge on any atom is -0.310 e. The van der Waals surface area contributed by atoms with Crippen LogP contribution < -0.4 is 5.32 Å². The van der Waals surface area contributed by atoms with Gasteiger partial charge in [-0.3, -0.25) is 0 Å². The van der Waals surface area contributed by atoms with Crippen LogP contribution in [0.2, 0.25) is 0 Å². The Labute approximate surface area is 110 Å². The van der Waals surface area contributed by atoms with Crippen molar-refractivity contribution in [3.8, 4) is 0 Å². The third kappa shape index (κ3) is 3.55. The Kier molecular flexibility index (Phi) is 4.76. The number of aryl methyl sites for hydroxylation is 1. The number of nitrogens with one attached hydrogen (secondary N) is 1. The Hall–Kier alpha value is -0.890. The molecule has 0 amide bonds. The maximum atomic E-state index is 13.0. The summed E-state index contributed by atoms with van der Waals surface area (Å²) in [6, 6.07) is 5.62. The van der Waals surface area contributed by atoms with Crippen LogP contribution in [0.4, 0.5) is 4.39 Å². The molecule has 0 bridgehead atoms. The maximum absolute atomic E-state index is 13.0. The van der Waals surface area contributed by atoms with E-state index in [1.54, 1.807) is 12.1 Å². The third-order valence-electron chi connectivity index (χ3n) is 4.28. The average Bonchev–Trinajstić information content (AvgIpc) is 2.38. The summed E-state index contributed by atoms with van der Waals surface area (Å²) in [5.74, 6) is 0.677. The molecule has 0 aliphatic heterocycles. The van der Waals surface area contributed by atoms with Gasteiger partial charge in [0.1, 0.15) is 5.82 Å². The van der Waals surface area contributed by atoms with Crippen LogP contribution in [0.1, 0.15) is 50.2 Å². The van der Waals surface area contributed by atoms with Gasteiger partial charge in [-0.15, -0.1) is 0 Å². The zero-order chi connectivity index (χ0) is 13.0. The van der Waals surface area contributed by atoms with E-state index in [0.29, 0.717) is 6.04 Å². The van der Waals surface area contributed by atoms with Crippen molar-refractivity contribution >= 4 is 0 Å². The highest BCUT2D eigenvalue weighted by Crippen LogP contribution is 2.26. The Morgan fingerprint density at radius 3 is 2.67 bits per heavy atom. The number of hydrogen-bond donors (Lipinski definition) is 1. The number of hydrogen-bond acceptors (Lipinski definition) is 1. The Morgan fingerprint density at radius 2 is 2.00 bits per heavy atom. The first kappa shape index (κ1) is 13.5. The van der Waals surface area contributed by atoms with Crippen LogP contribution in [0.3, 0.4) is 0 Å². The highest BCUT2D eigenvalue weighted by molar-refractivity contribution is 5.26. The molecule has 100 valence electrons. The molecular formula is C16H24FN. The average molecular weight is 249 g/mol. The molecule has 1 fully saturated rings. The van der Waals surface area contributed by atoms with Gasteiger partial charge in [0.15, 0.2) is 0 Å². The predicted molar refractivity (Wildman–Crippen MR) is 74.0 cm³/mol. The smallest absolute Gasteiger partial charge is 0.123 e. The summed E-state index contributed by atoms with van der Waals surface area (Å²) in [6.07, 6.45) is 6.88. The number of rotatable bonds is 4. The van der Waals surface area contributed by atoms with Crippen LogP contribution in [-0.2, 0) is 6.54 Å². The van der Waals surface area contributed by atoms with Crippen molar-refractivity contribution in [3.63, 3.8) is 0 Å². The first-order valence-corrected chi connectivity index (χ1v) is 7.15. The second-order valence-corrected chi connectivity index (χ2v) is 5.64. The van der Waals surface area contributed by atoms with Gasteiger partial charge in [0.05, 0.1) is 0 Å². The summed E-state index contributed by atoms with van der Waals surface area (Å²) in [4.78, 5) is 0. The molecule has 0 saturated heterocycles. The standard InChI is InChI=1S/C16H24FN/c1-12-10-16(17)9-8-15(12)11-18-13(2)14-6-4-3-5-7-14/h8-10,13-14,18H,3-7,11H2,1-2H3/t13-/m1/s1. The first-order valence-electron chi connectivity index (χ1n) is 7.15. The number of halogens is 1. The summed E-state index contributed by atoms with van der Waals surface area (Å²) in [6.45, 7) is 5.12. The fourth-order valence-electron chi connectivity index (χ4n) is 2.93. The van der Waals surface area contributed by atoms with Gasteiger partial charge in [-0.1, -0.05) is 25.3 Å². The summed E-state index contributed by atoms with van der Waals surface area (Å²) in [7, 11) is 0. The van der Waals surface area contributed by atoms with Gasteiger partial charge in [-0.05, 0) is 55.9 Å². The van der Waals surface area contributed by atoms with Crippen molar-refractivity contribution in [1.82, 2.24) is 5.32 Å². The van der Waals surface area contributed by atoms with Crippen LogP contribution in [0.25, 0.3) is 0 Å². The van der Waals surface area contributed by atoms with Crippen LogP contribution in [0.15, 0.2) is 18.2 Å². The maximum Gasteiger partial charge on any atom is 0.123 e. The van der Waals surface area contributed by atoms with Crippen LogP contribution in [-0.4, -0.2) is 6.04 Å². The molecule has 1 saturated carbocycles. The SMILES string of the molecule is Cc1cc(F)ccc1CN[C@H](C)C1CCCCC1. The molecule has 18 heavy (non-hydrogen) atoms. The first-order chi connectivity index (χ1) is 8.66. The van der Waals surface area contributed by atoms with E-state index in [-0.39, 0.29) is 5.82 Å². The van der Waals surface area contributed by atoms with E-state index in [1.165, 1.54) is 37.7 Å². The fourth-order valence-corrected chi connectivity index (χ4v) is 2.93. The van der Waals surface area contributed by atoms with E-state index in [4.69, 9.17) is 0 Å². The highest BCUT2D eigenvalue weighted by Gasteiger charge is 2.19. The van der Waals surface area contributed by atoms with Gasteiger partial charge in [-0.25, -0.2) is 4.39 Å². The molecule has 1 aromatic rings. The van der Waals surface area contributed by atoms with Gasteiger partial charge in [0.25, 0.3) is 0 Å². The molecular weight excluding hydrogens is 225 g/mol. The fraction of sp³-hybridized carbons (Fsp3) is 0.625. The highest BCUT2D eigenvalue weighted by atomic mass is 19.1.